The summed E-state index contributed by atoms with van der Waals surface area (Å²) in [5.74, 6) is 2.45. The smallest absolute Gasteiger partial charge is 0.162 e. The Kier molecular flexibility index (Phi) is 4.16. The molecule has 1 fully saturated rings. The van der Waals surface area contributed by atoms with Gasteiger partial charge >= 0.3 is 0 Å². The van der Waals surface area contributed by atoms with Gasteiger partial charge in [0.15, 0.2) is 5.82 Å². The normalized spacial score (nSPS) is 20.9. The van der Waals surface area contributed by atoms with Crippen LogP contribution in [0.15, 0.2) is 54.6 Å². The van der Waals surface area contributed by atoms with Gasteiger partial charge in [-0.3, -0.25) is 0 Å². The maximum atomic E-state index is 4.88. The maximum absolute atomic E-state index is 4.88. The molecule has 1 aromatic heterocycles. The van der Waals surface area contributed by atoms with Gasteiger partial charge < -0.3 is 5.32 Å². The number of para-hydroxylation sites is 1. The molecule has 0 aliphatic heterocycles. The largest absolute Gasteiger partial charge is 0.366 e. The highest BCUT2D eigenvalue weighted by atomic mass is 15.1. The molecule has 3 heteroatoms. The number of anilines is 1. The molecule has 0 bridgehead atoms. The van der Waals surface area contributed by atoms with Crippen molar-refractivity contribution in [2.75, 3.05) is 5.32 Å². The second kappa shape index (κ2) is 6.60. The van der Waals surface area contributed by atoms with E-state index >= 15 is 0 Å². The quantitative estimate of drug-likeness (QED) is 0.713. The molecule has 0 spiro atoms. The minimum Gasteiger partial charge on any atom is -0.366 e. The van der Waals surface area contributed by atoms with Crippen LogP contribution in [0.2, 0.25) is 0 Å². The monoisotopic (exact) mass is 317 g/mol. The lowest BCUT2D eigenvalue weighted by atomic mass is 9.86. The molecule has 2 aromatic carbocycles. The predicted molar refractivity (Wildman–Crippen MR) is 100 cm³/mol. The molecule has 2 atom stereocenters. The van der Waals surface area contributed by atoms with Gasteiger partial charge in [-0.1, -0.05) is 62.2 Å². The molecule has 3 aromatic rings. The van der Waals surface area contributed by atoms with E-state index in [1.165, 1.54) is 25.7 Å². The highest BCUT2D eigenvalue weighted by Crippen LogP contribution is 2.30. The number of aromatic nitrogens is 2. The van der Waals surface area contributed by atoms with E-state index in [1.54, 1.807) is 0 Å². The lowest BCUT2D eigenvalue weighted by Crippen LogP contribution is -2.30. The van der Waals surface area contributed by atoms with Gasteiger partial charge in [0.05, 0.1) is 5.52 Å². The third kappa shape index (κ3) is 2.99. The minimum atomic E-state index is 0.501. The number of benzene rings is 2. The van der Waals surface area contributed by atoms with E-state index in [2.05, 4.69) is 42.6 Å². The summed E-state index contributed by atoms with van der Waals surface area (Å²) in [4.78, 5) is 9.64. The van der Waals surface area contributed by atoms with Crippen LogP contribution in [0, 0.1) is 5.92 Å². The van der Waals surface area contributed by atoms with E-state index in [9.17, 15) is 0 Å². The van der Waals surface area contributed by atoms with E-state index in [4.69, 9.17) is 9.97 Å². The van der Waals surface area contributed by atoms with E-state index in [1.807, 2.05) is 24.3 Å². The number of hydrogen-bond donors (Lipinski definition) is 1. The Morgan fingerprint density at radius 1 is 0.875 bits per heavy atom. The molecule has 122 valence electrons. The minimum absolute atomic E-state index is 0.501. The average molecular weight is 317 g/mol. The lowest BCUT2D eigenvalue weighted by Gasteiger charge is -2.30. The summed E-state index contributed by atoms with van der Waals surface area (Å²) in [6.45, 7) is 2.35. The van der Waals surface area contributed by atoms with Crippen LogP contribution in [0.5, 0.6) is 0 Å². The number of fused-ring (bicyclic) bond motifs is 1. The van der Waals surface area contributed by atoms with Crippen molar-refractivity contribution in [1.82, 2.24) is 9.97 Å². The zero-order valence-corrected chi connectivity index (χ0v) is 14.1. The lowest BCUT2D eigenvalue weighted by molar-refractivity contribution is 0.349. The van der Waals surface area contributed by atoms with Crippen molar-refractivity contribution in [2.45, 2.75) is 38.6 Å². The highest BCUT2D eigenvalue weighted by Gasteiger charge is 2.22. The van der Waals surface area contributed by atoms with Crippen molar-refractivity contribution >= 4 is 16.7 Å². The Bertz CT molecular complexity index is 829. The molecule has 0 saturated heterocycles. The van der Waals surface area contributed by atoms with Crippen molar-refractivity contribution in [2.24, 2.45) is 5.92 Å². The van der Waals surface area contributed by atoms with Crippen LogP contribution in [0.25, 0.3) is 22.3 Å². The molecule has 4 rings (SSSR count). The molecule has 2 unspecified atom stereocenters. The van der Waals surface area contributed by atoms with Crippen LogP contribution in [0.3, 0.4) is 0 Å². The van der Waals surface area contributed by atoms with Crippen molar-refractivity contribution in [1.29, 1.82) is 0 Å². The first-order valence-electron chi connectivity index (χ1n) is 8.90. The molecule has 1 heterocycles. The fourth-order valence-electron chi connectivity index (χ4n) is 3.61. The molecule has 1 saturated carbocycles. The van der Waals surface area contributed by atoms with E-state index < -0.39 is 0 Å². The summed E-state index contributed by atoms with van der Waals surface area (Å²) >= 11 is 0. The van der Waals surface area contributed by atoms with Crippen molar-refractivity contribution < 1.29 is 0 Å². The SMILES string of the molecule is CC1CCCCC1Nc1nc(-c2ccccc2)nc2ccccc12. The van der Waals surface area contributed by atoms with Crippen LogP contribution in [-0.4, -0.2) is 16.0 Å². The van der Waals surface area contributed by atoms with E-state index in [0.29, 0.717) is 12.0 Å². The van der Waals surface area contributed by atoms with Crippen molar-refractivity contribution in [3.8, 4) is 11.4 Å². The summed E-state index contributed by atoms with van der Waals surface area (Å²) < 4.78 is 0. The van der Waals surface area contributed by atoms with Gasteiger partial charge in [0.2, 0.25) is 0 Å². The van der Waals surface area contributed by atoms with Crippen LogP contribution < -0.4 is 5.32 Å². The molecule has 0 radical (unpaired) electrons. The summed E-state index contributed by atoms with van der Waals surface area (Å²) in [5.41, 5.74) is 2.06. The van der Waals surface area contributed by atoms with E-state index in [-0.39, 0.29) is 0 Å². The molecule has 24 heavy (non-hydrogen) atoms. The van der Waals surface area contributed by atoms with Gasteiger partial charge in [0, 0.05) is 17.0 Å². The van der Waals surface area contributed by atoms with Gasteiger partial charge in [-0.15, -0.1) is 0 Å². The zero-order chi connectivity index (χ0) is 16.4. The van der Waals surface area contributed by atoms with Crippen molar-refractivity contribution in [3.63, 3.8) is 0 Å². The number of nitrogens with one attached hydrogen (secondary N) is 1. The number of hydrogen-bond acceptors (Lipinski definition) is 3. The number of rotatable bonds is 3. The standard InChI is InChI=1S/C21H23N3/c1-15-9-5-7-13-18(15)22-21-17-12-6-8-14-19(17)23-20(24-21)16-10-3-2-4-11-16/h2-4,6,8,10-12,14-15,18H,5,7,9,13H2,1H3,(H,22,23,24). The summed E-state index contributed by atoms with van der Waals surface area (Å²) in [6.07, 6.45) is 5.17. The first kappa shape index (κ1) is 15.1. The molecule has 1 aliphatic carbocycles. The second-order valence-corrected chi connectivity index (χ2v) is 6.79. The fourth-order valence-corrected chi connectivity index (χ4v) is 3.61. The van der Waals surface area contributed by atoms with E-state index in [0.717, 1.165) is 28.1 Å². The van der Waals surface area contributed by atoms with Crippen LogP contribution in [-0.2, 0) is 0 Å². The third-order valence-corrected chi connectivity index (χ3v) is 5.07. The molecule has 3 nitrogen and oxygen atoms in total. The van der Waals surface area contributed by atoms with Gasteiger partial charge in [-0.25, -0.2) is 9.97 Å². The average Bonchev–Trinajstić information content (AvgIpc) is 2.64. The Labute approximate surface area is 143 Å². The molecular formula is C21H23N3. The second-order valence-electron chi connectivity index (χ2n) is 6.79. The molecule has 1 N–H and O–H groups in total. The molecular weight excluding hydrogens is 294 g/mol. The van der Waals surface area contributed by atoms with Gasteiger partial charge in [-0.05, 0) is 30.9 Å². The van der Waals surface area contributed by atoms with Crippen LogP contribution in [0.4, 0.5) is 5.82 Å². The zero-order valence-electron chi connectivity index (χ0n) is 14.1. The summed E-state index contributed by atoms with van der Waals surface area (Å²) in [7, 11) is 0. The molecule has 1 aliphatic rings. The molecule has 0 amide bonds. The Morgan fingerprint density at radius 3 is 2.46 bits per heavy atom. The topological polar surface area (TPSA) is 37.8 Å². The summed E-state index contributed by atoms with van der Waals surface area (Å²) in [5, 5.41) is 4.84. The van der Waals surface area contributed by atoms with Gasteiger partial charge in [-0.2, -0.15) is 0 Å². The van der Waals surface area contributed by atoms with Gasteiger partial charge in [0.1, 0.15) is 5.82 Å². The van der Waals surface area contributed by atoms with Crippen molar-refractivity contribution in [3.05, 3.63) is 54.6 Å². The highest BCUT2D eigenvalue weighted by molar-refractivity contribution is 5.90. The number of nitrogens with zero attached hydrogens (tertiary/aromatic N) is 2. The third-order valence-electron chi connectivity index (χ3n) is 5.07. The maximum Gasteiger partial charge on any atom is 0.162 e. The first-order chi connectivity index (χ1) is 11.8. The first-order valence-corrected chi connectivity index (χ1v) is 8.90. The Balaban J connectivity index is 1.78. The van der Waals surface area contributed by atoms with Crippen LogP contribution in [0.1, 0.15) is 32.6 Å². The predicted octanol–water partition coefficient (Wildman–Crippen LogP) is 5.29. The fraction of sp³-hybridized carbons (Fsp3) is 0.333. The van der Waals surface area contributed by atoms with Gasteiger partial charge in [0.25, 0.3) is 0 Å². The Morgan fingerprint density at radius 2 is 1.62 bits per heavy atom. The summed E-state index contributed by atoms with van der Waals surface area (Å²) in [6, 6.07) is 19.0. The van der Waals surface area contributed by atoms with Crippen LogP contribution >= 0.6 is 0 Å². The Hall–Kier alpha value is -2.42.